The van der Waals surface area contributed by atoms with Gasteiger partial charge in [-0.25, -0.2) is 4.39 Å². The topological polar surface area (TPSA) is 65.4 Å². The molecule has 1 atom stereocenters. The van der Waals surface area contributed by atoms with Gasteiger partial charge in [0.1, 0.15) is 23.8 Å². The molecule has 2 heterocycles. The van der Waals surface area contributed by atoms with Crippen LogP contribution in [0.4, 0.5) is 10.1 Å². The van der Waals surface area contributed by atoms with Crippen molar-refractivity contribution in [1.82, 2.24) is 4.90 Å². The number of aryl methyl sites for hydroxylation is 1. The molecule has 8 heteroatoms. The predicted octanol–water partition coefficient (Wildman–Crippen LogP) is 3.26. The highest BCUT2D eigenvalue weighted by atomic mass is 35.5. The fourth-order valence-corrected chi connectivity index (χ4v) is 4.75. The normalized spacial score (nSPS) is 23.8. The van der Waals surface area contributed by atoms with E-state index in [4.69, 9.17) is 21.1 Å². The standard InChI is InChI=1S/C25H32ClFN2O4/c1-19-3-2-4-20(13-19)29-9-7-24(30,8-10-29)15-28-11-12-32-17-25(31,16-28)18-33-21-5-6-23(27)22(26)14-21/h2-6,13-14,30-31H,7-12,15-18H2,1H3/t25-/m1/s1. The first-order chi connectivity index (χ1) is 15.7. The number of nitrogens with zero attached hydrogens (tertiary/aromatic N) is 2. The van der Waals surface area contributed by atoms with E-state index in [9.17, 15) is 14.6 Å². The quantitative estimate of drug-likeness (QED) is 0.664. The minimum absolute atomic E-state index is 0.0228. The maximum atomic E-state index is 13.4. The molecule has 0 aromatic heterocycles. The molecule has 2 fully saturated rings. The Morgan fingerprint density at radius 2 is 1.88 bits per heavy atom. The second-order valence-electron chi connectivity index (χ2n) is 9.40. The summed E-state index contributed by atoms with van der Waals surface area (Å²) in [6.07, 6.45) is 1.31. The Balaban J connectivity index is 1.34. The van der Waals surface area contributed by atoms with Gasteiger partial charge < -0.3 is 24.6 Å². The Hall–Kier alpha value is -1.90. The average molecular weight is 479 g/mol. The third-order valence-electron chi connectivity index (χ3n) is 6.42. The van der Waals surface area contributed by atoms with E-state index in [-0.39, 0.29) is 18.2 Å². The number of piperidine rings is 1. The molecule has 0 bridgehead atoms. The van der Waals surface area contributed by atoms with Gasteiger partial charge in [-0.15, -0.1) is 0 Å². The molecule has 2 aliphatic rings. The molecule has 0 radical (unpaired) electrons. The van der Waals surface area contributed by atoms with E-state index in [1.54, 1.807) is 0 Å². The van der Waals surface area contributed by atoms with Gasteiger partial charge in [0, 0.05) is 44.5 Å². The number of ether oxygens (including phenoxy) is 2. The van der Waals surface area contributed by atoms with Gasteiger partial charge >= 0.3 is 0 Å². The minimum atomic E-state index is -1.25. The van der Waals surface area contributed by atoms with Crippen LogP contribution in [-0.4, -0.2) is 78.9 Å². The molecule has 4 rings (SSSR count). The number of β-amino-alcohol motifs (C(OH)–C–C–N with tert-alkyl or cyclic N) is 2. The molecule has 180 valence electrons. The number of rotatable bonds is 6. The maximum absolute atomic E-state index is 13.4. The van der Waals surface area contributed by atoms with Crippen molar-refractivity contribution >= 4 is 17.3 Å². The van der Waals surface area contributed by atoms with Crippen LogP contribution in [0.3, 0.4) is 0 Å². The Kier molecular flexibility index (Phi) is 7.46. The van der Waals surface area contributed by atoms with Crippen LogP contribution >= 0.6 is 11.6 Å². The number of hydrogen-bond acceptors (Lipinski definition) is 6. The van der Waals surface area contributed by atoms with E-state index in [1.165, 1.54) is 29.4 Å². The van der Waals surface area contributed by atoms with E-state index in [0.717, 1.165) is 13.1 Å². The van der Waals surface area contributed by atoms with Crippen molar-refractivity contribution in [1.29, 1.82) is 0 Å². The molecular formula is C25H32ClFN2O4. The fraction of sp³-hybridized carbons (Fsp3) is 0.520. The second kappa shape index (κ2) is 10.2. The summed E-state index contributed by atoms with van der Waals surface area (Å²) in [5.74, 6) is -0.138. The molecule has 2 aromatic carbocycles. The van der Waals surface area contributed by atoms with Crippen molar-refractivity contribution in [3.05, 3.63) is 58.9 Å². The van der Waals surface area contributed by atoms with Crippen LogP contribution in [0.1, 0.15) is 18.4 Å². The highest BCUT2D eigenvalue weighted by molar-refractivity contribution is 6.30. The molecular weight excluding hydrogens is 447 g/mol. The van der Waals surface area contributed by atoms with Gasteiger partial charge in [0.25, 0.3) is 0 Å². The number of aliphatic hydroxyl groups is 2. The fourth-order valence-electron chi connectivity index (χ4n) is 4.58. The van der Waals surface area contributed by atoms with Crippen LogP contribution in [0.2, 0.25) is 5.02 Å². The van der Waals surface area contributed by atoms with Gasteiger partial charge in [-0.1, -0.05) is 23.7 Å². The third-order valence-corrected chi connectivity index (χ3v) is 6.71. The molecule has 2 N–H and O–H groups in total. The van der Waals surface area contributed by atoms with Crippen LogP contribution in [-0.2, 0) is 4.74 Å². The molecule has 2 aromatic rings. The zero-order valence-electron chi connectivity index (χ0n) is 19.0. The van der Waals surface area contributed by atoms with Crippen molar-refractivity contribution in [2.24, 2.45) is 0 Å². The van der Waals surface area contributed by atoms with Crippen molar-refractivity contribution in [2.75, 3.05) is 57.4 Å². The van der Waals surface area contributed by atoms with Crippen LogP contribution in [0.15, 0.2) is 42.5 Å². The first kappa shape index (κ1) is 24.2. The molecule has 0 spiro atoms. The summed E-state index contributed by atoms with van der Waals surface area (Å²) in [5.41, 5.74) is 0.336. The van der Waals surface area contributed by atoms with E-state index < -0.39 is 17.0 Å². The Labute approximate surface area is 199 Å². The zero-order valence-corrected chi connectivity index (χ0v) is 19.7. The average Bonchev–Trinajstić information content (AvgIpc) is 2.96. The van der Waals surface area contributed by atoms with Gasteiger partial charge in [-0.3, -0.25) is 4.90 Å². The number of benzene rings is 2. The molecule has 2 aliphatic heterocycles. The van der Waals surface area contributed by atoms with Crippen molar-refractivity contribution < 1.29 is 24.1 Å². The number of halogens is 2. The number of hydrogen-bond donors (Lipinski definition) is 2. The lowest BCUT2D eigenvalue weighted by atomic mass is 9.90. The molecule has 6 nitrogen and oxygen atoms in total. The summed E-state index contributed by atoms with van der Waals surface area (Å²) >= 11 is 5.82. The Morgan fingerprint density at radius 3 is 2.61 bits per heavy atom. The lowest BCUT2D eigenvalue weighted by Gasteiger charge is -2.42. The van der Waals surface area contributed by atoms with Gasteiger partial charge in [0.05, 0.1) is 23.8 Å². The van der Waals surface area contributed by atoms with Gasteiger partial charge in [0.15, 0.2) is 0 Å². The van der Waals surface area contributed by atoms with Crippen molar-refractivity contribution in [3.8, 4) is 5.75 Å². The third kappa shape index (κ3) is 6.37. The second-order valence-corrected chi connectivity index (χ2v) is 9.81. The van der Waals surface area contributed by atoms with Crippen LogP contribution < -0.4 is 9.64 Å². The first-order valence-electron chi connectivity index (χ1n) is 11.4. The number of anilines is 1. The van der Waals surface area contributed by atoms with Crippen molar-refractivity contribution in [2.45, 2.75) is 31.0 Å². The summed E-state index contributed by atoms with van der Waals surface area (Å²) < 4.78 is 24.7. The monoisotopic (exact) mass is 478 g/mol. The highest BCUT2D eigenvalue weighted by Gasteiger charge is 2.39. The zero-order chi connectivity index (χ0) is 23.5. The molecule has 0 unspecified atom stereocenters. The predicted molar refractivity (Wildman–Crippen MR) is 127 cm³/mol. The summed E-state index contributed by atoms with van der Waals surface area (Å²) in [6, 6.07) is 12.5. The molecule has 0 saturated carbocycles. The van der Waals surface area contributed by atoms with Gasteiger partial charge in [-0.05, 0) is 49.6 Å². The summed E-state index contributed by atoms with van der Waals surface area (Å²) in [7, 11) is 0. The molecule has 0 amide bonds. The first-order valence-corrected chi connectivity index (χ1v) is 11.8. The van der Waals surface area contributed by atoms with E-state index in [1.807, 2.05) is 0 Å². The lowest BCUT2D eigenvalue weighted by Crippen LogP contribution is -2.55. The molecule has 33 heavy (non-hydrogen) atoms. The molecule has 0 aliphatic carbocycles. The van der Waals surface area contributed by atoms with E-state index in [0.29, 0.717) is 44.8 Å². The molecule has 2 saturated heterocycles. The largest absolute Gasteiger partial charge is 0.490 e. The maximum Gasteiger partial charge on any atom is 0.142 e. The van der Waals surface area contributed by atoms with E-state index in [2.05, 4.69) is 41.0 Å². The lowest BCUT2D eigenvalue weighted by molar-refractivity contribution is -0.0742. The minimum Gasteiger partial charge on any atom is -0.490 e. The van der Waals surface area contributed by atoms with Crippen LogP contribution in [0.5, 0.6) is 5.75 Å². The smallest absolute Gasteiger partial charge is 0.142 e. The van der Waals surface area contributed by atoms with E-state index >= 15 is 0 Å². The van der Waals surface area contributed by atoms with Crippen molar-refractivity contribution in [3.63, 3.8) is 0 Å². The van der Waals surface area contributed by atoms with Gasteiger partial charge in [0.2, 0.25) is 0 Å². The summed E-state index contributed by atoms with van der Waals surface area (Å²) in [6.45, 7) is 5.61. The Bertz CT molecular complexity index is 954. The van der Waals surface area contributed by atoms with Crippen LogP contribution in [0.25, 0.3) is 0 Å². The summed E-state index contributed by atoms with van der Waals surface area (Å²) in [5, 5.41) is 22.4. The van der Waals surface area contributed by atoms with Gasteiger partial charge in [-0.2, -0.15) is 0 Å². The summed E-state index contributed by atoms with van der Waals surface area (Å²) in [4.78, 5) is 4.36. The SMILES string of the molecule is Cc1cccc(N2CCC(O)(CN3CCOC[C@@](O)(COc4ccc(F)c(Cl)c4)C3)CC2)c1. The highest BCUT2D eigenvalue weighted by Crippen LogP contribution is 2.29. The Morgan fingerprint density at radius 1 is 1.09 bits per heavy atom. The van der Waals surface area contributed by atoms with Crippen LogP contribution in [0, 0.1) is 12.7 Å².